The van der Waals surface area contributed by atoms with Crippen molar-refractivity contribution in [3.8, 4) is 11.3 Å². The van der Waals surface area contributed by atoms with Crippen LogP contribution in [0, 0.1) is 12.7 Å². The zero-order valence-electron chi connectivity index (χ0n) is 17.0. The van der Waals surface area contributed by atoms with Gasteiger partial charge in [-0.3, -0.25) is 14.4 Å². The van der Waals surface area contributed by atoms with Crippen molar-refractivity contribution in [1.82, 2.24) is 19.6 Å². The van der Waals surface area contributed by atoms with Gasteiger partial charge in [0.05, 0.1) is 11.7 Å². The molecule has 29 heavy (non-hydrogen) atoms. The van der Waals surface area contributed by atoms with E-state index in [9.17, 15) is 9.18 Å². The van der Waals surface area contributed by atoms with E-state index in [0.29, 0.717) is 30.9 Å². The lowest BCUT2D eigenvalue weighted by atomic mass is 10.0. The number of aromatic nitrogens is 2. The molecule has 1 aliphatic heterocycles. The Balaban J connectivity index is 1.57. The van der Waals surface area contributed by atoms with Crippen LogP contribution in [-0.4, -0.2) is 52.2 Å². The minimum atomic E-state index is -0.238. The molecule has 0 N–H and O–H groups in total. The topological polar surface area (TPSA) is 41.4 Å². The maximum absolute atomic E-state index is 14.3. The van der Waals surface area contributed by atoms with Crippen LogP contribution in [-0.2, 0) is 7.05 Å². The fourth-order valence-electron chi connectivity index (χ4n) is 3.87. The normalized spacial score (nSPS) is 17.5. The summed E-state index contributed by atoms with van der Waals surface area (Å²) < 4.78 is 16.1. The maximum atomic E-state index is 14.3. The molecule has 1 aromatic heterocycles. The summed E-state index contributed by atoms with van der Waals surface area (Å²) in [6, 6.07) is 16.6. The van der Waals surface area contributed by atoms with Crippen LogP contribution in [0.1, 0.15) is 27.7 Å². The number of hydrogen-bond donors (Lipinski definition) is 0. The molecule has 0 aliphatic carbocycles. The number of carbonyl (C=O) groups is 1. The summed E-state index contributed by atoms with van der Waals surface area (Å²) in [5, 5.41) is 4.46. The van der Waals surface area contributed by atoms with Gasteiger partial charge in [-0.2, -0.15) is 5.10 Å². The molecule has 6 heteroatoms. The van der Waals surface area contributed by atoms with Crippen molar-refractivity contribution in [2.24, 2.45) is 7.05 Å². The number of nitrogens with zero attached hydrogens (tertiary/aromatic N) is 4. The quantitative estimate of drug-likeness (QED) is 0.683. The van der Waals surface area contributed by atoms with Crippen LogP contribution in [0.15, 0.2) is 54.6 Å². The molecule has 2 aromatic carbocycles. The molecule has 1 atom stereocenters. The molecular weight excluding hydrogens is 367 g/mol. The number of likely N-dealkylation sites (N-methyl/N-ethyl adjacent to an activating group) is 1. The third-order valence-corrected chi connectivity index (χ3v) is 5.65. The summed E-state index contributed by atoms with van der Waals surface area (Å²) in [4.78, 5) is 17.0. The second-order valence-electron chi connectivity index (χ2n) is 7.67. The number of rotatable bonds is 3. The highest BCUT2D eigenvalue weighted by atomic mass is 19.1. The van der Waals surface area contributed by atoms with Gasteiger partial charge in [0.25, 0.3) is 5.91 Å². The Labute approximate surface area is 170 Å². The molecule has 1 unspecified atom stereocenters. The number of piperazine rings is 1. The van der Waals surface area contributed by atoms with E-state index in [-0.39, 0.29) is 17.8 Å². The molecule has 2 heterocycles. The lowest BCUT2D eigenvalue weighted by molar-refractivity contribution is 0.0534. The van der Waals surface area contributed by atoms with Crippen molar-refractivity contribution in [3.63, 3.8) is 0 Å². The van der Waals surface area contributed by atoms with Crippen LogP contribution in [0.2, 0.25) is 0 Å². The Hall–Kier alpha value is -2.99. The van der Waals surface area contributed by atoms with E-state index in [1.165, 1.54) is 11.6 Å². The monoisotopic (exact) mass is 392 g/mol. The Bertz CT molecular complexity index is 1030. The molecule has 0 bridgehead atoms. The van der Waals surface area contributed by atoms with Crippen molar-refractivity contribution in [2.75, 3.05) is 26.7 Å². The molecule has 5 nitrogen and oxygen atoms in total. The fourth-order valence-corrected chi connectivity index (χ4v) is 3.87. The number of amides is 1. The Morgan fingerprint density at radius 3 is 2.52 bits per heavy atom. The van der Waals surface area contributed by atoms with Crippen LogP contribution < -0.4 is 0 Å². The fraction of sp³-hybridized carbons (Fsp3) is 0.304. The van der Waals surface area contributed by atoms with Crippen LogP contribution in [0.3, 0.4) is 0 Å². The van der Waals surface area contributed by atoms with Gasteiger partial charge in [0.2, 0.25) is 0 Å². The summed E-state index contributed by atoms with van der Waals surface area (Å²) in [5.41, 5.74) is 4.14. The molecule has 0 spiro atoms. The molecule has 1 fully saturated rings. The first-order valence-electron chi connectivity index (χ1n) is 9.79. The van der Waals surface area contributed by atoms with Gasteiger partial charge in [-0.1, -0.05) is 48.0 Å². The van der Waals surface area contributed by atoms with Crippen molar-refractivity contribution in [3.05, 3.63) is 77.2 Å². The standard InChI is InChI=1S/C23H25FN4O/c1-16-8-10-17(11-9-16)21-14-20(25-27(21)3)23(29)28-13-12-26(2)22(15-28)18-6-4-5-7-19(18)24/h4-11,14,22H,12-13,15H2,1-3H3. The van der Waals surface area contributed by atoms with Crippen molar-refractivity contribution >= 4 is 5.91 Å². The van der Waals surface area contributed by atoms with E-state index in [1.807, 2.05) is 57.4 Å². The molecule has 3 aromatic rings. The molecule has 0 radical (unpaired) electrons. The first-order chi connectivity index (χ1) is 13.9. The Morgan fingerprint density at radius 1 is 1.07 bits per heavy atom. The summed E-state index contributed by atoms with van der Waals surface area (Å²) in [7, 11) is 3.81. The largest absolute Gasteiger partial charge is 0.334 e. The maximum Gasteiger partial charge on any atom is 0.274 e. The van der Waals surface area contributed by atoms with Gasteiger partial charge in [0, 0.05) is 32.2 Å². The van der Waals surface area contributed by atoms with E-state index >= 15 is 0 Å². The summed E-state index contributed by atoms with van der Waals surface area (Å²) >= 11 is 0. The second-order valence-corrected chi connectivity index (χ2v) is 7.67. The number of benzene rings is 2. The van der Waals surface area contributed by atoms with Crippen LogP contribution >= 0.6 is 0 Å². The molecule has 1 saturated heterocycles. The minimum Gasteiger partial charge on any atom is -0.334 e. The number of hydrogen-bond acceptors (Lipinski definition) is 3. The van der Waals surface area contributed by atoms with Gasteiger partial charge in [-0.15, -0.1) is 0 Å². The van der Waals surface area contributed by atoms with Crippen molar-refractivity contribution in [2.45, 2.75) is 13.0 Å². The van der Waals surface area contributed by atoms with Gasteiger partial charge < -0.3 is 4.90 Å². The Kier molecular flexibility index (Phi) is 5.20. The third-order valence-electron chi connectivity index (χ3n) is 5.65. The Morgan fingerprint density at radius 2 is 1.79 bits per heavy atom. The molecule has 4 rings (SSSR count). The summed E-state index contributed by atoms with van der Waals surface area (Å²) in [6.07, 6.45) is 0. The SMILES string of the molecule is Cc1ccc(-c2cc(C(=O)N3CCN(C)C(c4ccccc4F)C3)nn2C)cc1. The average molecular weight is 392 g/mol. The molecule has 1 amide bonds. The predicted octanol–water partition coefficient (Wildman–Crippen LogP) is 3.66. The van der Waals surface area contributed by atoms with E-state index < -0.39 is 0 Å². The van der Waals surface area contributed by atoms with Gasteiger partial charge in [-0.05, 0) is 31.7 Å². The van der Waals surface area contributed by atoms with Crippen molar-refractivity contribution in [1.29, 1.82) is 0 Å². The van der Waals surface area contributed by atoms with Gasteiger partial charge in [0.15, 0.2) is 5.69 Å². The average Bonchev–Trinajstić information content (AvgIpc) is 3.11. The number of carbonyl (C=O) groups excluding carboxylic acids is 1. The van der Waals surface area contributed by atoms with E-state index in [1.54, 1.807) is 21.7 Å². The minimum absolute atomic E-state index is 0.117. The second kappa shape index (κ2) is 7.79. The van der Waals surface area contributed by atoms with E-state index in [4.69, 9.17) is 0 Å². The molecular formula is C23H25FN4O. The summed E-state index contributed by atoms with van der Waals surface area (Å²) in [5.74, 6) is -0.355. The molecule has 0 saturated carbocycles. The lowest BCUT2D eigenvalue weighted by Gasteiger charge is -2.39. The highest BCUT2D eigenvalue weighted by Gasteiger charge is 2.31. The highest BCUT2D eigenvalue weighted by molar-refractivity contribution is 5.93. The molecule has 1 aliphatic rings. The zero-order valence-corrected chi connectivity index (χ0v) is 17.0. The highest BCUT2D eigenvalue weighted by Crippen LogP contribution is 2.27. The van der Waals surface area contributed by atoms with Gasteiger partial charge in [-0.25, -0.2) is 4.39 Å². The third kappa shape index (κ3) is 3.80. The van der Waals surface area contributed by atoms with Crippen LogP contribution in [0.25, 0.3) is 11.3 Å². The first kappa shape index (κ1) is 19.3. The predicted molar refractivity (Wildman–Crippen MR) is 111 cm³/mol. The summed E-state index contributed by atoms with van der Waals surface area (Å²) in [6.45, 7) is 3.76. The number of halogens is 1. The molecule has 150 valence electrons. The van der Waals surface area contributed by atoms with Crippen LogP contribution in [0.5, 0.6) is 0 Å². The zero-order chi connectivity index (χ0) is 20.5. The van der Waals surface area contributed by atoms with E-state index in [0.717, 1.165) is 11.3 Å². The number of aryl methyl sites for hydroxylation is 2. The smallest absolute Gasteiger partial charge is 0.274 e. The first-order valence-corrected chi connectivity index (χ1v) is 9.79. The lowest BCUT2D eigenvalue weighted by Crippen LogP contribution is -2.49. The van der Waals surface area contributed by atoms with Crippen molar-refractivity contribution < 1.29 is 9.18 Å². The van der Waals surface area contributed by atoms with Gasteiger partial charge in [0.1, 0.15) is 5.82 Å². The van der Waals surface area contributed by atoms with E-state index in [2.05, 4.69) is 10.00 Å². The van der Waals surface area contributed by atoms with Gasteiger partial charge >= 0.3 is 0 Å². The van der Waals surface area contributed by atoms with Crippen LogP contribution in [0.4, 0.5) is 4.39 Å².